The summed E-state index contributed by atoms with van der Waals surface area (Å²) in [5.41, 5.74) is 5.49. The van der Waals surface area contributed by atoms with E-state index in [2.05, 4.69) is 53.0 Å². The Kier molecular flexibility index (Phi) is 2.01. The van der Waals surface area contributed by atoms with E-state index in [9.17, 15) is 5.02 Å². The molecule has 0 spiro atoms. The first-order valence-electron chi connectivity index (χ1n) is 7.15. The van der Waals surface area contributed by atoms with Gasteiger partial charge in [-0.05, 0) is 17.1 Å². The summed E-state index contributed by atoms with van der Waals surface area (Å²) in [6.45, 7) is 0. The van der Waals surface area contributed by atoms with E-state index in [4.69, 9.17) is 0 Å². The third-order valence-corrected chi connectivity index (χ3v) is 4.50. The van der Waals surface area contributed by atoms with Crippen molar-refractivity contribution in [3.63, 3.8) is 0 Å². The highest BCUT2D eigenvalue weighted by Crippen LogP contribution is 2.36. The number of hydrogen-bond donors (Lipinski definition) is 1. The zero-order valence-electron chi connectivity index (χ0n) is 11.3. The van der Waals surface area contributed by atoms with E-state index in [1.807, 2.05) is 18.2 Å². The lowest BCUT2D eigenvalue weighted by atomic mass is 9.71. The van der Waals surface area contributed by atoms with Crippen molar-refractivity contribution >= 4 is 34.3 Å². The maximum Gasteiger partial charge on any atom is 0.454 e. The number of benzene rings is 3. The predicted octanol–water partition coefficient (Wildman–Crippen LogP) is 3.01. The number of fused-ring (bicyclic) bond motifs is 4. The second-order valence-electron chi connectivity index (χ2n) is 5.58. The molecule has 2 nitrogen and oxygen atoms in total. The molecule has 0 fully saturated rings. The van der Waals surface area contributed by atoms with Gasteiger partial charge in [0.25, 0.3) is 0 Å². The molecular formula is C18H12BNO. The van der Waals surface area contributed by atoms with Crippen molar-refractivity contribution in [2.45, 2.75) is 0 Å². The fourth-order valence-electron chi connectivity index (χ4n) is 3.52. The summed E-state index contributed by atoms with van der Waals surface area (Å²) < 4.78 is 2.06. The molecule has 0 unspecified atom stereocenters. The Morgan fingerprint density at radius 1 is 0.762 bits per heavy atom. The topological polar surface area (TPSA) is 25.2 Å². The first kappa shape index (κ1) is 11.2. The molecule has 4 aromatic rings. The summed E-state index contributed by atoms with van der Waals surface area (Å²) in [6.07, 6.45) is 0. The average molecular weight is 269 g/mol. The number of para-hydroxylation sites is 2. The molecule has 0 saturated heterocycles. The normalized spacial score (nSPS) is 12.9. The fraction of sp³-hybridized carbons (Fsp3) is 0. The maximum atomic E-state index is 10.9. The fourth-order valence-corrected chi connectivity index (χ4v) is 3.52. The zero-order valence-corrected chi connectivity index (χ0v) is 11.3. The second kappa shape index (κ2) is 3.77. The van der Waals surface area contributed by atoms with Crippen LogP contribution in [0.15, 0.2) is 66.7 Å². The molecule has 3 heteroatoms. The van der Waals surface area contributed by atoms with Crippen molar-refractivity contribution in [2.75, 3.05) is 0 Å². The summed E-state index contributed by atoms with van der Waals surface area (Å²) in [5, 5.41) is 13.3. The molecule has 0 radical (unpaired) electrons. The molecule has 3 aromatic carbocycles. The third kappa shape index (κ3) is 1.31. The third-order valence-electron chi connectivity index (χ3n) is 4.50. The molecule has 0 aliphatic carbocycles. The summed E-state index contributed by atoms with van der Waals surface area (Å²) in [4.78, 5) is 0. The van der Waals surface area contributed by atoms with Gasteiger partial charge in [0.15, 0.2) is 0 Å². The Morgan fingerprint density at radius 3 is 2.38 bits per heavy atom. The molecule has 21 heavy (non-hydrogen) atoms. The van der Waals surface area contributed by atoms with Crippen LogP contribution >= 0.6 is 0 Å². The Hall–Kier alpha value is -2.52. The van der Waals surface area contributed by atoms with Crippen molar-refractivity contribution in [3.8, 4) is 11.1 Å². The van der Waals surface area contributed by atoms with Gasteiger partial charge in [-0.25, -0.2) is 0 Å². The molecular weight excluding hydrogens is 257 g/mol. The van der Waals surface area contributed by atoms with Crippen LogP contribution in [0.1, 0.15) is 0 Å². The molecule has 2 aliphatic rings. The Bertz CT molecular complexity index is 1000. The highest BCUT2D eigenvalue weighted by molar-refractivity contribution is 6.67. The van der Waals surface area contributed by atoms with Gasteiger partial charge in [0.2, 0.25) is 0 Å². The number of nitrogens with zero attached hydrogens (tertiary/aromatic N) is 1. The van der Waals surface area contributed by atoms with Crippen molar-refractivity contribution in [1.82, 2.24) is 4.48 Å². The molecule has 0 atom stereocenters. The smallest absolute Gasteiger partial charge is 0.428 e. The van der Waals surface area contributed by atoms with Gasteiger partial charge in [-0.3, -0.25) is 0 Å². The molecule has 0 amide bonds. The summed E-state index contributed by atoms with van der Waals surface area (Å²) in [6, 6.07) is 22.8. The lowest BCUT2D eigenvalue weighted by Crippen LogP contribution is -2.38. The van der Waals surface area contributed by atoms with Gasteiger partial charge in [-0.15, -0.1) is 0 Å². The monoisotopic (exact) mass is 269 g/mol. The second-order valence-corrected chi connectivity index (χ2v) is 5.58. The maximum absolute atomic E-state index is 10.9. The molecule has 1 N–H and O–H groups in total. The van der Waals surface area contributed by atoms with Gasteiger partial charge < -0.3 is 9.50 Å². The van der Waals surface area contributed by atoms with Crippen molar-refractivity contribution < 1.29 is 5.02 Å². The van der Waals surface area contributed by atoms with Crippen LogP contribution in [-0.4, -0.2) is 16.6 Å². The standard InChI is InChI=1S/C18H12BNO/c21-19-13-10-8-12(9-11-13)14-5-3-6-16-15-4-1-2-7-17(15)20(19)18(14)16/h1-11,21H. The van der Waals surface area contributed by atoms with Crippen LogP contribution in [0.4, 0.5) is 0 Å². The Labute approximate surface area is 122 Å². The van der Waals surface area contributed by atoms with E-state index < -0.39 is 7.05 Å². The van der Waals surface area contributed by atoms with E-state index in [-0.39, 0.29) is 0 Å². The molecule has 0 saturated carbocycles. The van der Waals surface area contributed by atoms with E-state index >= 15 is 0 Å². The molecule has 2 aliphatic heterocycles. The minimum Gasteiger partial charge on any atom is -0.428 e. The highest BCUT2D eigenvalue weighted by atomic mass is 16.2. The summed E-state index contributed by atoms with van der Waals surface area (Å²) in [7, 11) is -0.650. The van der Waals surface area contributed by atoms with Gasteiger partial charge in [0.05, 0.1) is 0 Å². The van der Waals surface area contributed by atoms with Crippen LogP contribution in [0.2, 0.25) is 0 Å². The molecule has 1 aromatic heterocycles. The first-order valence-corrected chi connectivity index (χ1v) is 7.15. The van der Waals surface area contributed by atoms with Crippen LogP contribution in [0, 0.1) is 0 Å². The van der Waals surface area contributed by atoms with E-state index in [1.165, 1.54) is 21.9 Å². The average Bonchev–Trinajstić information content (AvgIpc) is 2.87. The van der Waals surface area contributed by atoms with Crippen LogP contribution in [0.5, 0.6) is 0 Å². The number of rotatable bonds is 0. The van der Waals surface area contributed by atoms with Gasteiger partial charge in [-0.2, -0.15) is 0 Å². The molecule has 6 rings (SSSR count). The molecule has 2 bridgehead atoms. The predicted molar refractivity (Wildman–Crippen MR) is 87.9 cm³/mol. The van der Waals surface area contributed by atoms with Gasteiger partial charge in [0.1, 0.15) is 0 Å². The molecule has 3 heterocycles. The van der Waals surface area contributed by atoms with Crippen molar-refractivity contribution in [3.05, 3.63) is 66.7 Å². The SMILES string of the molecule is OB1c2ccc(cc2)-c2cccc3c4ccccc4n1c23. The van der Waals surface area contributed by atoms with Crippen LogP contribution in [0.3, 0.4) is 0 Å². The first-order chi connectivity index (χ1) is 10.3. The minimum absolute atomic E-state index is 0.650. The summed E-state index contributed by atoms with van der Waals surface area (Å²) in [5.74, 6) is 0. The minimum atomic E-state index is -0.650. The van der Waals surface area contributed by atoms with Crippen molar-refractivity contribution in [2.24, 2.45) is 0 Å². The van der Waals surface area contributed by atoms with E-state index in [0.717, 1.165) is 16.5 Å². The van der Waals surface area contributed by atoms with Gasteiger partial charge in [-0.1, -0.05) is 60.7 Å². The number of aromatic nitrogens is 1. The summed E-state index contributed by atoms with van der Waals surface area (Å²) >= 11 is 0. The Balaban J connectivity index is 2.13. The van der Waals surface area contributed by atoms with E-state index in [1.54, 1.807) is 0 Å². The largest absolute Gasteiger partial charge is 0.454 e. The van der Waals surface area contributed by atoms with Crippen LogP contribution < -0.4 is 5.46 Å². The highest BCUT2D eigenvalue weighted by Gasteiger charge is 2.26. The Morgan fingerprint density at radius 2 is 1.52 bits per heavy atom. The van der Waals surface area contributed by atoms with E-state index in [0.29, 0.717) is 0 Å². The zero-order chi connectivity index (χ0) is 14.0. The lowest BCUT2D eigenvalue weighted by molar-refractivity contribution is 0.576. The van der Waals surface area contributed by atoms with Crippen molar-refractivity contribution in [1.29, 1.82) is 0 Å². The number of hydrogen-bond acceptors (Lipinski definition) is 1. The van der Waals surface area contributed by atoms with Gasteiger partial charge >= 0.3 is 7.05 Å². The molecule has 98 valence electrons. The van der Waals surface area contributed by atoms with Crippen LogP contribution in [0.25, 0.3) is 32.9 Å². The lowest BCUT2D eigenvalue weighted by Gasteiger charge is -2.18. The van der Waals surface area contributed by atoms with Gasteiger partial charge in [0, 0.05) is 27.4 Å². The quantitative estimate of drug-likeness (QED) is 0.488. The van der Waals surface area contributed by atoms with Crippen LogP contribution in [-0.2, 0) is 0 Å².